The van der Waals surface area contributed by atoms with Gasteiger partial charge in [0.1, 0.15) is 11.1 Å². The Morgan fingerprint density at radius 3 is 2.39 bits per heavy atom. The molecule has 2 atom stereocenters. The number of likely N-dealkylation sites (tertiary alicyclic amines) is 1. The van der Waals surface area contributed by atoms with E-state index in [9.17, 15) is 14.4 Å². The van der Waals surface area contributed by atoms with Gasteiger partial charge in [0.2, 0.25) is 5.43 Å². The summed E-state index contributed by atoms with van der Waals surface area (Å²) in [4.78, 5) is 41.9. The predicted molar refractivity (Wildman–Crippen MR) is 129 cm³/mol. The number of nitrogens with zero attached hydrogens (tertiary/aromatic N) is 2. The fraction of sp³-hybridized carbons (Fsp3) is 0.519. The van der Waals surface area contributed by atoms with E-state index in [1.54, 1.807) is 17.0 Å². The number of fused-ring (bicyclic) bond motifs is 2. The van der Waals surface area contributed by atoms with Gasteiger partial charge in [-0.3, -0.25) is 14.4 Å². The second-order valence-corrected chi connectivity index (χ2v) is 11.3. The van der Waals surface area contributed by atoms with E-state index in [1.807, 2.05) is 49.1 Å². The van der Waals surface area contributed by atoms with Crippen molar-refractivity contribution in [2.45, 2.75) is 72.5 Å². The van der Waals surface area contributed by atoms with Crippen molar-refractivity contribution in [2.75, 3.05) is 6.54 Å². The van der Waals surface area contributed by atoms with E-state index in [4.69, 9.17) is 0 Å². The molecule has 2 amide bonds. The topological polar surface area (TPSA) is 71.4 Å². The first-order chi connectivity index (χ1) is 15.5. The number of carbonyl (C=O) groups is 2. The fourth-order valence-corrected chi connectivity index (χ4v) is 5.94. The van der Waals surface area contributed by atoms with Crippen molar-refractivity contribution in [3.05, 3.63) is 69.6 Å². The Morgan fingerprint density at radius 1 is 1.06 bits per heavy atom. The number of amides is 2. The monoisotopic (exact) mass is 449 g/mol. The van der Waals surface area contributed by atoms with Crippen LogP contribution in [0.1, 0.15) is 86.2 Å². The van der Waals surface area contributed by atoms with Crippen LogP contribution in [0.25, 0.3) is 0 Å². The Kier molecular flexibility index (Phi) is 5.97. The molecule has 0 radical (unpaired) electrons. The first kappa shape index (κ1) is 23.3. The van der Waals surface area contributed by atoms with E-state index in [0.29, 0.717) is 13.1 Å². The zero-order valence-electron chi connectivity index (χ0n) is 20.4. The third-order valence-electron chi connectivity index (χ3n) is 7.09. The molecular formula is C27H35N3O3. The van der Waals surface area contributed by atoms with E-state index in [2.05, 4.69) is 26.1 Å². The lowest BCUT2D eigenvalue weighted by Gasteiger charge is -2.39. The molecule has 176 valence electrons. The molecule has 2 bridgehead atoms. The van der Waals surface area contributed by atoms with E-state index < -0.39 is 11.3 Å². The highest BCUT2D eigenvalue weighted by Crippen LogP contribution is 2.52. The Hall–Kier alpha value is -2.89. The third-order valence-corrected chi connectivity index (χ3v) is 7.09. The summed E-state index contributed by atoms with van der Waals surface area (Å²) in [7, 11) is 0. The molecule has 0 spiro atoms. The van der Waals surface area contributed by atoms with Crippen LogP contribution in [0.3, 0.4) is 0 Å². The highest BCUT2D eigenvalue weighted by atomic mass is 16.2. The summed E-state index contributed by atoms with van der Waals surface area (Å²) in [6.45, 7) is 11.7. The summed E-state index contributed by atoms with van der Waals surface area (Å²) in [6.07, 6.45) is 6.16. The summed E-state index contributed by atoms with van der Waals surface area (Å²) in [6, 6.07) is 9.69. The number of pyridine rings is 1. The van der Waals surface area contributed by atoms with Gasteiger partial charge in [-0.1, -0.05) is 51.1 Å². The maximum absolute atomic E-state index is 13.7. The quantitative estimate of drug-likeness (QED) is 0.735. The van der Waals surface area contributed by atoms with E-state index >= 15 is 0 Å². The van der Waals surface area contributed by atoms with Gasteiger partial charge in [0.25, 0.3) is 11.8 Å². The Labute approximate surface area is 196 Å². The minimum absolute atomic E-state index is 0.00656. The van der Waals surface area contributed by atoms with Crippen LogP contribution in [0.4, 0.5) is 0 Å². The summed E-state index contributed by atoms with van der Waals surface area (Å²) in [5.74, 6) is -0.709. The van der Waals surface area contributed by atoms with Crippen LogP contribution in [-0.4, -0.2) is 33.9 Å². The zero-order valence-corrected chi connectivity index (χ0v) is 20.4. The minimum atomic E-state index is -0.492. The second kappa shape index (κ2) is 8.47. The summed E-state index contributed by atoms with van der Waals surface area (Å²) in [5, 5.41) is 2.83. The lowest BCUT2D eigenvalue weighted by Crippen LogP contribution is -2.41. The number of carbonyl (C=O) groups excluding carboxylic acids is 2. The highest BCUT2D eigenvalue weighted by molar-refractivity contribution is 5.99. The fourth-order valence-electron chi connectivity index (χ4n) is 5.94. The van der Waals surface area contributed by atoms with Gasteiger partial charge in [-0.2, -0.15) is 0 Å². The van der Waals surface area contributed by atoms with Crippen LogP contribution in [0, 0.1) is 10.8 Å². The number of rotatable bonds is 5. The van der Waals surface area contributed by atoms with Crippen LogP contribution >= 0.6 is 0 Å². The van der Waals surface area contributed by atoms with Crippen molar-refractivity contribution >= 4 is 11.8 Å². The van der Waals surface area contributed by atoms with Gasteiger partial charge in [-0.15, -0.1) is 0 Å². The molecule has 33 heavy (non-hydrogen) atoms. The SMILES string of the molecule is CC(C)n1cc(C(=O)NCc2ccccc2)c(=O)c(C(=O)N2CC3(C)CC2CC(C)(C)C3)c1. The summed E-state index contributed by atoms with van der Waals surface area (Å²) >= 11 is 0. The molecule has 4 rings (SSSR count). The molecule has 1 N–H and O–H groups in total. The molecule has 1 saturated carbocycles. The van der Waals surface area contributed by atoms with Crippen molar-refractivity contribution in [1.82, 2.24) is 14.8 Å². The number of benzene rings is 1. The molecular weight excluding hydrogens is 414 g/mol. The summed E-state index contributed by atoms with van der Waals surface area (Å²) < 4.78 is 1.79. The number of hydrogen-bond donors (Lipinski definition) is 1. The predicted octanol–water partition coefficient (Wildman–Crippen LogP) is 4.40. The van der Waals surface area contributed by atoms with E-state index in [-0.39, 0.29) is 39.9 Å². The molecule has 1 aliphatic carbocycles. The molecule has 6 nitrogen and oxygen atoms in total. The van der Waals surface area contributed by atoms with Crippen molar-refractivity contribution in [1.29, 1.82) is 0 Å². The Bertz CT molecular complexity index is 1120. The van der Waals surface area contributed by atoms with Gasteiger partial charge in [0.15, 0.2) is 0 Å². The van der Waals surface area contributed by atoms with Gasteiger partial charge in [-0.25, -0.2) is 0 Å². The molecule has 6 heteroatoms. The molecule has 1 aliphatic heterocycles. The molecule has 2 fully saturated rings. The van der Waals surface area contributed by atoms with Gasteiger partial charge >= 0.3 is 0 Å². The maximum atomic E-state index is 13.7. The van der Waals surface area contributed by atoms with Crippen LogP contribution in [0.15, 0.2) is 47.5 Å². The van der Waals surface area contributed by atoms with E-state index in [1.165, 1.54) is 0 Å². The second-order valence-electron chi connectivity index (χ2n) is 11.3. The normalized spacial score (nSPS) is 23.6. The third kappa shape index (κ3) is 4.75. The standard InChI is InChI=1S/C27H35N3O3/c1-18(2)29-14-21(24(32)28-13-19-9-7-6-8-10-19)23(31)22(15-29)25(33)30-17-27(5)12-20(30)11-26(3,4)16-27/h6-10,14-15,18,20H,11-13,16-17H2,1-5H3,(H,28,32). The van der Waals surface area contributed by atoms with Gasteiger partial charge in [0.05, 0.1) is 0 Å². The molecule has 2 heterocycles. The first-order valence-corrected chi connectivity index (χ1v) is 11.9. The maximum Gasteiger partial charge on any atom is 0.259 e. The van der Waals surface area contributed by atoms with Crippen molar-refractivity contribution < 1.29 is 9.59 Å². The van der Waals surface area contributed by atoms with Crippen LogP contribution < -0.4 is 10.7 Å². The Morgan fingerprint density at radius 2 is 1.73 bits per heavy atom. The van der Waals surface area contributed by atoms with Crippen LogP contribution in [0.2, 0.25) is 0 Å². The van der Waals surface area contributed by atoms with Gasteiger partial charge in [0, 0.05) is 37.6 Å². The average molecular weight is 450 g/mol. The zero-order chi connectivity index (χ0) is 24.0. The first-order valence-electron chi connectivity index (χ1n) is 11.9. The van der Waals surface area contributed by atoms with Gasteiger partial charge in [-0.05, 0) is 49.5 Å². The minimum Gasteiger partial charge on any atom is -0.350 e. The van der Waals surface area contributed by atoms with E-state index in [0.717, 1.165) is 24.8 Å². The lowest BCUT2D eigenvalue weighted by molar-refractivity contribution is 0.0706. The summed E-state index contributed by atoms with van der Waals surface area (Å²) in [5.41, 5.74) is 0.799. The van der Waals surface area contributed by atoms with Crippen molar-refractivity contribution in [3.63, 3.8) is 0 Å². The lowest BCUT2D eigenvalue weighted by atomic mass is 9.65. The highest BCUT2D eigenvalue weighted by Gasteiger charge is 2.51. The molecule has 1 aromatic carbocycles. The molecule has 2 aromatic rings. The average Bonchev–Trinajstić information content (AvgIpc) is 3.00. The molecule has 2 aliphatic rings. The number of aromatic nitrogens is 1. The van der Waals surface area contributed by atoms with Crippen LogP contribution in [-0.2, 0) is 6.54 Å². The smallest absolute Gasteiger partial charge is 0.259 e. The van der Waals surface area contributed by atoms with Gasteiger partial charge < -0.3 is 14.8 Å². The van der Waals surface area contributed by atoms with Crippen LogP contribution in [0.5, 0.6) is 0 Å². The molecule has 1 saturated heterocycles. The number of nitrogens with one attached hydrogen (secondary N) is 1. The van der Waals surface area contributed by atoms with Crippen molar-refractivity contribution in [3.8, 4) is 0 Å². The number of hydrogen-bond acceptors (Lipinski definition) is 3. The molecule has 1 aromatic heterocycles. The largest absolute Gasteiger partial charge is 0.350 e. The van der Waals surface area contributed by atoms with Crippen molar-refractivity contribution in [2.24, 2.45) is 10.8 Å². The Balaban J connectivity index is 1.64. The molecule has 2 unspecified atom stereocenters.